The van der Waals surface area contributed by atoms with E-state index in [1.54, 1.807) is 19.9 Å². The van der Waals surface area contributed by atoms with Gasteiger partial charge < -0.3 is 9.72 Å². The van der Waals surface area contributed by atoms with Gasteiger partial charge in [-0.1, -0.05) is 11.6 Å². The van der Waals surface area contributed by atoms with Crippen LogP contribution in [0.25, 0.3) is 6.08 Å². The molecule has 130 valence electrons. The minimum absolute atomic E-state index is 0.0609. The number of H-pyrrole nitrogens is 1. The molecule has 1 aromatic heterocycles. The zero-order valence-corrected chi connectivity index (χ0v) is 15.3. The van der Waals surface area contributed by atoms with E-state index in [0.29, 0.717) is 22.0 Å². The van der Waals surface area contributed by atoms with Crippen molar-refractivity contribution in [3.8, 4) is 6.07 Å². The van der Waals surface area contributed by atoms with Gasteiger partial charge >= 0.3 is 5.97 Å². The first kappa shape index (κ1) is 18.8. The van der Waals surface area contributed by atoms with Crippen molar-refractivity contribution in [3.05, 3.63) is 56.7 Å². The normalized spacial score (nSPS) is 11.9. The number of halogens is 1. The van der Waals surface area contributed by atoms with Crippen LogP contribution >= 0.6 is 11.6 Å². The lowest BCUT2D eigenvalue weighted by molar-refractivity contribution is 0.0600. The first-order valence-electron chi connectivity index (χ1n) is 7.12. The number of esters is 1. The summed E-state index contributed by atoms with van der Waals surface area (Å²) in [6.07, 6.45) is 1.18. The van der Waals surface area contributed by atoms with Gasteiger partial charge in [-0.05, 0) is 44.2 Å². The number of hydrogen-bond donors (Lipinski definition) is 1. The number of aromatic nitrogens is 1. The fourth-order valence-corrected chi connectivity index (χ4v) is 3.66. The molecule has 2 aromatic rings. The summed E-state index contributed by atoms with van der Waals surface area (Å²) in [5.41, 5.74) is 1.58. The number of nitriles is 1. The van der Waals surface area contributed by atoms with Crippen LogP contribution in [0.4, 0.5) is 0 Å². The van der Waals surface area contributed by atoms with Crippen molar-refractivity contribution in [3.63, 3.8) is 0 Å². The molecular formula is C17H15ClN2O4S. The zero-order valence-electron chi connectivity index (χ0n) is 13.8. The van der Waals surface area contributed by atoms with Crippen LogP contribution < -0.4 is 0 Å². The van der Waals surface area contributed by atoms with Crippen LogP contribution in [-0.2, 0) is 14.6 Å². The van der Waals surface area contributed by atoms with E-state index in [0.717, 1.165) is 0 Å². The number of carbonyl (C=O) groups excluding carboxylic acids is 1. The smallest absolute Gasteiger partial charge is 0.340 e. The number of ether oxygens (including phenoxy) is 1. The Bertz CT molecular complexity index is 997. The standard InChI is InChI=1S/C17H15ClN2O4S/c1-10-15(16(11(2)20-10)17(21)24-3)8-14(9-19)25(22,23)13-6-4-12(18)5-7-13/h4-8,20H,1-3H3/b14-8+. The summed E-state index contributed by atoms with van der Waals surface area (Å²) in [6.45, 7) is 3.34. The van der Waals surface area contributed by atoms with Crippen molar-refractivity contribution < 1.29 is 17.9 Å². The second-order valence-corrected chi connectivity index (χ2v) is 7.59. The third kappa shape index (κ3) is 3.60. The molecule has 0 saturated heterocycles. The summed E-state index contributed by atoms with van der Waals surface area (Å²) >= 11 is 5.77. The Morgan fingerprint density at radius 3 is 2.36 bits per heavy atom. The Morgan fingerprint density at radius 1 is 1.24 bits per heavy atom. The molecule has 0 unspecified atom stereocenters. The third-order valence-electron chi connectivity index (χ3n) is 3.61. The minimum atomic E-state index is -4.05. The molecule has 25 heavy (non-hydrogen) atoms. The first-order chi connectivity index (χ1) is 11.7. The summed E-state index contributed by atoms with van der Waals surface area (Å²) in [6, 6.07) is 7.19. The van der Waals surface area contributed by atoms with E-state index in [1.807, 2.05) is 0 Å². The molecule has 6 nitrogen and oxygen atoms in total. The average Bonchev–Trinajstić information content (AvgIpc) is 2.85. The van der Waals surface area contributed by atoms with E-state index in [-0.39, 0.29) is 10.5 Å². The highest BCUT2D eigenvalue weighted by atomic mass is 35.5. The summed E-state index contributed by atoms with van der Waals surface area (Å²) in [4.78, 5) is 14.4. The Kier molecular flexibility index (Phi) is 5.36. The molecule has 0 atom stereocenters. The number of aryl methyl sites for hydroxylation is 2. The monoisotopic (exact) mass is 378 g/mol. The Balaban J connectivity index is 2.65. The predicted octanol–water partition coefficient (Wildman–Crippen LogP) is 3.41. The number of nitrogens with zero attached hydrogens (tertiary/aromatic N) is 1. The Morgan fingerprint density at radius 2 is 1.84 bits per heavy atom. The second kappa shape index (κ2) is 7.13. The molecule has 1 aromatic carbocycles. The van der Waals surface area contributed by atoms with E-state index in [4.69, 9.17) is 16.3 Å². The van der Waals surface area contributed by atoms with Crippen LogP contribution in [0.15, 0.2) is 34.1 Å². The van der Waals surface area contributed by atoms with E-state index in [1.165, 1.54) is 37.5 Å². The summed E-state index contributed by atoms with van der Waals surface area (Å²) < 4.78 is 30.1. The lowest BCUT2D eigenvalue weighted by Crippen LogP contribution is -2.06. The maximum absolute atomic E-state index is 12.7. The van der Waals surface area contributed by atoms with Crippen LogP contribution in [0.1, 0.15) is 27.3 Å². The van der Waals surface area contributed by atoms with E-state index in [2.05, 4.69) is 4.98 Å². The number of benzene rings is 1. The van der Waals surface area contributed by atoms with E-state index < -0.39 is 20.7 Å². The van der Waals surface area contributed by atoms with Gasteiger partial charge in [0.25, 0.3) is 0 Å². The highest BCUT2D eigenvalue weighted by molar-refractivity contribution is 7.95. The van der Waals surface area contributed by atoms with Crippen molar-refractivity contribution in [2.24, 2.45) is 0 Å². The van der Waals surface area contributed by atoms with Gasteiger partial charge in [0.1, 0.15) is 11.0 Å². The number of hydrogen-bond acceptors (Lipinski definition) is 5. The number of nitrogens with one attached hydrogen (secondary N) is 1. The van der Waals surface area contributed by atoms with Crippen molar-refractivity contribution in [2.75, 3.05) is 7.11 Å². The number of rotatable bonds is 4. The fraction of sp³-hybridized carbons (Fsp3) is 0.176. The van der Waals surface area contributed by atoms with Crippen LogP contribution in [0, 0.1) is 25.2 Å². The fourth-order valence-electron chi connectivity index (χ4n) is 2.39. The molecule has 0 saturated carbocycles. The van der Waals surface area contributed by atoms with Crippen LogP contribution in [-0.4, -0.2) is 26.5 Å². The van der Waals surface area contributed by atoms with Crippen molar-refractivity contribution in [1.82, 2.24) is 4.98 Å². The number of sulfone groups is 1. The number of allylic oxidation sites excluding steroid dienone is 1. The van der Waals surface area contributed by atoms with Crippen LogP contribution in [0.3, 0.4) is 0 Å². The molecule has 1 heterocycles. The molecule has 0 fully saturated rings. The van der Waals surface area contributed by atoms with Gasteiger partial charge in [-0.15, -0.1) is 0 Å². The number of carbonyl (C=O) groups is 1. The van der Waals surface area contributed by atoms with Gasteiger partial charge in [0.15, 0.2) is 0 Å². The maximum atomic E-state index is 12.7. The molecule has 0 radical (unpaired) electrons. The Labute approximate surface area is 150 Å². The van der Waals surface area contributed by atoms with Gasteiger partial charge in [-0.25, -0.2) is 13.2 Å². The Hall–Kier alpha value is -2.56. The van der Waals surface area contributed by atoms with Crippen molar-refractivity contribution in [1.29, 1.82) is 5.26 Å². The van der Waals surface area contributed by atoms with E-state index >= 15 is 0 Å². The predicted molar refractivity (Wildman–Crippen MR) is 93.8 cm³/mol. The topological polar surface area (TPSA) is 100 Å². The maximum Gasteiger partial charge on any atom is 0.340 e. The zero-order chi connectivity index (χ0) is 18.8. The van der Waals surface area contributed by atoms with Gasteiger partial charge in [0.2, 0.25) is 9.84 Å². The van der Waals surface area contributed by atoms with Crippen LogP contribution in [0.2, 0.25) is 5.02 Å². The van der Waals surface area contributed by atoms with Gasteiger partial charge in [-0.2, -0.15) is 5.26 Å². The highest BCUT2D eigenvalue weighted by Gasteiger charge is 2.24. The minimum Gasteiger partial charge on any atom is -0.465 e. The average molecular weight is 379 g/mol. The molecule has 0 aliphatic rings. The van der Waals surface area contributed by atoms with Crippen molar-refractivity contribution in [2.45, 2.75) is 18.7 Å². The SMILES string of the molecule is COC(=O)c1c(C)[nH]c(C)c1/C=C(\C#N)S(=O)(=O)c1ccc(Cl)cc1. The summed E-state index contributed by atoms with van der Waals surface area (Å²) in [5, 5.41) is 9.75. The summed E-state index contributed by atoms with van der Waals surface area (Å²) in [5.74, 6) is -0.616. The third-order valence-corrected chi connectivity index (χ3v) is 5.54. The van der Waals surface area contributed by atoms with Crippen LogP contribution in [0.5, 0.6) is 0 Å². The lowest BCUT2D eigenvalue weighted by atomic mass is 10.1. The van der Waals surface area contributed by atoms with Gasteiger partial charge in [0.05, 0.1) is 17.6 Å². The largest absolute Gasteiger partial charge is 0.465 e. The molecule has 0 bridgehead atoms. The first-order valence-corrected chi connectivity index (χ1v) is 8.98. The van der Waals surface area contributed by atoms with Crippen molar-refractivity contribution >= 4 is 33.5 Å². The molecular weight excluding hydrogens is 364 g/mol. The number of aromatic amines is 1. The highest BCUT2D eigenvalue weighted by Crippen LogP contribution is 2.27. The molecule has 0 aliphatic heterocycles. The second-order valence-electron chi connectivity index (χ2n) is 5.23. The number of methoxy groups -OCH3 is 1. The molecule has 0 amide bonds. The van der Waals surface area contributed by atoms with Gasteiger partial charge in [0, 0.05) is 22.0 Å². The molecule has 2 rings (SSSR count). The molecule has 0 aliphatic carbocycles. The summed E-state index contributed by atoms with van der Waals surface area (Å²) in [7, 11) is -2.82. The quantitative estimate of drug-likeness (QED) is 0.649. The van der Waals surface area contributed by atoms with Gasteiger partial charge in [-0.3, -0.25) is 0 Å². The van der Waals surface area contributed by atoms with E-state index in [9.17, 15) is 18.5 Å². The molecule has 8 heteroatoms. The molecule has 0 spiro atoms. The molecule has 1 N–H and O–H groups in total. The lowest BCUT2D eigenvalue weighted by Gasteiger charge is -2.05.